The van der Waals surface area contributed by atoms with E-state index in [1.807, 2.05) is 30.3 Å². The number of halogens is 1. The number of benzene rings is 2. The van der Waals surface area contributed by atoms with Gasteiger partial charge in [-0.3, -0.25) is 4.79 Å². The van der Waals surface area contributed by atoms with Crippen LogP contribution in [0.5, 0.6) is 5.75 Å². The van der Waals surface area contributed by atoms with E-state index in [9.17, 15) is 9.90 Å². The summed E-state index contributed by atoms with van der Waals surface area (Å²) in [5.74, 6) is -0.383. The van der Waals surface area contributed by atoms with Crippen molar-refractivity contribution in [3.05, 3.63) is 64.1 Å². The van der Waals surface area contributed by atoms with E-state index < -0.39 is 0 Å². The zero-order valence-electron chi connectivity index (χ0n) is 11.4. The Labute approximate surface area is 131 Å². The minimum atomic E-state index is -0.313. The van der Waals surface area contributed by atoms with Crippen molar-refractivity contribution in [3.8, 4) is 5.75 Å². The molecule has 0 saturated carbocycles. The second-order valence-electron chi connectivity index (χ2n) is 4.60. The van der Waals surface area contributed by atoms with Gasteiger partial charge in [0.25, 0.3) is 5.91 Å². The van der Waals surface area contributed by atoms with Crippen molar-refractivity contribution in [2.45, 2.75) is 6.54 Å². The van der Waals surface area contributed by atoms with Crippen molar-refractivity contribution < 1.29 is 15.0 Å². The molecule has 0 aromatic heterocycles. The van der Waals surface area contributed by atoms with Crippen molar-refractivity contribution in [1.29, 1.82) is 0 Å². The molecule has 4 nitrogen and oxygen atoms in total. The summed E-state index contributed by atoms with van der Waals surface area (Å²) in [6.07, 6.45) is 0. The second kappa shape index (κ2) is 7.24. The van der Waals surface area contributed by atoms with E-state index >= 15 is 0 Å². The number of aliphatic hydroxyl groups excluding tert-OH is 1. The van der Waals surface area contributed by atoms with E-state index in [0.717, 1.165) is 5.56 Å². The van der Waals surface area contributed by atoms with Crippen LogP contribution in [0.4, 0.5) is 0 Å². The van der Waals surface area contributed by atoms with Gasteiger partial charge in [-0.25, -0.2) is 0 Å². The molecule has 2 N–H and O–H groups in total. The van der Waals surface area contributed by atoms with Crippen LogP contribution in [0.1, 0.15) is 15.9 Å². The smallest absolute Gasteiger partial charge is 0.258 e. The Hall–Kier alpha value is -1.85. The summed E-state index contributed by atoms with van der Waals surface area (Å²) in [6, 6.07) is 14.2. The van der Waals surface area contributed by atoms with Gasteiger partial charge in [-0.05, 0) is 23.8 Å². The largest absolute Gasteiger partial charge is 0.507 e. The van der Waals surface area contributed by atoms with Crippen LogP contribution in [0, 0.1) is 0 Å². The molecule has 0 fully saturated rings. The monoisotopic (exact) mass is 349 g/mol. The second-order valence-corrected chi connectivity index (χ2v) is 5.51. The minimum Gasteiger partial charge on any atom is -0.507 e. The zero-order chi connectivity index (χ0) is 15.2. The molecule has 0 bridgehead atoms. The molecule has 0 radical (unpaired) electrons. The number of amides is 1. The molecule has 2 aromatic rings. The number of hydrogen-bond donors (Lipinski definition) is 2. The summed E-state index contributed by atoms with van der Waals surface area (Å²) >= 11 is 3.29. The van der Waals surface area contributed by atoms with Crippen molar-refractivity contribution in [1.82, 2.24) is 4.90 Å². The van der Waals surface area contributed by atoms with E-state index in [-0.39, 0.29) is 30.4 Å². The van der Waals surface area contributed by atoms with Crippen LogP contribution < -0.4 is 0 Å². The Morgan fingerprint density at radius 3 is 2.52 bits per heavy atom. The van der Waals surface area contributed by atoms with Gasteiger partial charge in [0.15, 0.2) is 0 Å². The molecule has 2 rings (SSSR count). The van der Waals surface area contributed by atoms with E-state index in [1.165, 1.54) is 11.0 Å². The molecule has 110 valence electrons. The van der Waals surface area contributed by atoms with Gasteiger partial charge in [0.05, 0.1) is 12.2 Å². The molecule has 21 heavy (non-hydrogen) atoms. The maximum absolute atomic E-state index is 12.5. The molecule has 0 aliphatic carbocycles. The van der Waals surface area contributed by atoms with Crippen molar-refractivity contribution >= 4 is 21.8 Å². The number of nitrogens with zero attached hydrogens (tertiary/aromatic N) is 1. The Morgan fingerprint density at radius 1 is 1.14 bits per heavy atom. The fourth-order valence-electron chi connectivity index (χ4n) is 2.03. The number of hydrogen-bond acceptors (Lipinski definition) is 3. The highest BCUT2D eigenvalue weighted by atomic mass is 79.9. The van der Waals surface area contributed by atoms with Crippen LogP contribution in [-0.2, 0) is 6.54 Å². The van der Waals surface area contributed by atoms with Gasteiger partial charge < -0.3 is 15.1 Å². The molecular weight excluding hydrogens is 334 g/mol. The average Bonchev–Trinajstić information content (AvgIpc) is 2.49. The maximum Gasteiger partial charge on any atom is 0.258 e. The Balaban J connectivity index is 2.25. The standard InChI is InChI=1S/C16H16BrNO3/c17-13-6-7-15(20)14(10-13)16(21)18(8-9-19)11-12-4-2-1-3-5-12/h1-7,10,19-20H,8-9,11H2. The number of carbonyl (C=O) groups is 1. The third-order valence-electron chi connectivity index (χ3n) is 3.06. The van der Waals surface area contributed by atoms with Gasteiger partial charge in [-0.2, -0.15) is 0 Å². The van der Waals surface area contributed by atoms with E-state index in [1.54, 1.807) is 12.1 Å². The third-order valence-corrected chi connectivity index (χ3v) is 3.56. The predicted octanol–water partition coefficient (Wildman–Crippen LogP) is 2.79. The fourth-order valence-corrected chi connectivity index (χ4v) is 2.39. The number of carbonyl (C=O) groups excluding carboxylic acids is 1. The molecule has 0 aliphatic heterocycles. The molecule has 2 aromatic carbocycles. The lowest BCUT2D eigenvalue weighted by atomic mass is 10.1. The quantitative estimate of drug-likeness (QED) is 0.872. The lowest BCUT2D eigenvalue weighted by molar-refractivity contribution is 0.0704. The summed E-state index contributed by atoms with van der Waals surface area (Å²) in [4.78, 5) is 14.1. The van der Waals surface area contributed by atoms with Gasteiger partial charge in [-0.15, -0.1) is 0 Å². The molecule has 0 unspecified atom stereocenters. The molecule has 0 heterocycles. The first-order valence-electron chi connectivity index (χ1n) is 6.54. The lowest BCUT2D eigenvalue weighted by Gasteiger charge is -2.22. The number of rotatable bonds is 5. The van der Waals surface area contributed by atoms with Gasteiger partial charge in [0, 0.05) is 17.6 Å². The Kier molecular flexibility index (Phi) is 5.36. The number of aliphatic hydroxyl groups is 1. The third kappa shape index (κ3) is 4.06. The molecule has 0 spiro atoms. The first-order valence-corrected chi connectivity index (χ1v) is 7.33. The summed E-state index contributed by atoms with van der Waals surface area (Å²) < 4.78 is 0.715. The molecular formula is C16H16BrNO3. The van der Waals surface area contributed by atoms with Crippen molar-refractivity contribution in [2.24, 2.45) is 0 Å². The average molecular weight is 350 g/mol. The minimum absolute atomic E-state index is 0.0702. The summed E-state index contributed by atoms with van der Waals surface area (Å²) in [7, 11) is 0. The van der Waals surface area contributed by atoms with Crippen LogP contribution in [0.2, 0.25) is 0 Å². The first kappa shape index (κ1) is 15.5. The van der Waals surface area contributed by atoms with Crippen LogP contribution in [-0.4, -0.2) is 34.2 Å². The Morgan fingerprint density at radius 2 is 1.86 bits per heavy atom. The zero-order valence-corrected chi connectivity index (χ0v) is 13.0. The fraction of sp³-hybridized carbons (Fsp3) is 0.188. The van der Waals surface area contributed by atoms with Crippen LogP contribution in [0.3, 0.4) is 0 Å². The topological polar surface area (TPSA) is 60.8 Å². The highest BCUT2D eigenvalue weighted by Gasteiger charge is 2.19. The first-order chi connectivity index (χ1) is 10.1. The van der Waals surface area contributed by atoms with E-state index in [0.29, 0.717) is 11.0 Å². The van der Waals surface area contributed by atoms with Crippen molar-refractivity contribution in [3.63, 3.8) is 0 Å². The molecule has 5 heteroatoms. The highest BCUT2D eigenvalue weighted by molar-refractivity contribution is 9.10. The SMILES string of the molecule is O=C(c1cc(Br)ccc1O)N(CCO)Cc1ccccc1. The maximum atomic E-state index is 12.5. The molecule has 0 saturated heterocycles. The van der Waals surface area contributed by atoms with Crippen molar-refractivity contribution in [2.75, 3.05) is 13.2 Å². The lowest BCUT2D eigenvalue weighted by Crippen LogP contribution is -2.33. The molecule has 0 atom stereocenters. The molecule has 1 amide bonds. The number of aromatic hydroxyl groups is 1. The predicted molar refractivity (Wildman–Crippen MR) is 84.1 cm³/mol. The van der Waals surface area contributed by atoms with Gasteiger partial charge in [-0.1, -0.05) is 46.3 Å². The molecule has 0 aliphatic rings. The van der Waals surface area contributed by atoms with Crippen LogP contribution >= 0.6 is 15.9 Å². The highest BCUT2D eigenvalue weighted by Crippen LogP contribution is 2.23. The summed E-state index contributed by atoms with van der Waals surface area (Å²) in [6.45, 7) is 0.458. The number of phenols is 1. The van der Waals surface area contributed by atoms with Gasteiger partial charge in [0.1, 0.15) is 5.75 Å². The van der Waals surface area contributed by atoms with Gasteiger partial charge in [0.2, 0.25) is 0 Å². The number of phenolic OH excluding ortho intramolecular Hbond substituents is 1. The van der Waals surface area contributed by atoms with Crippen LogP contribution in [0.15, 0.2) is 53.0 Å². The van der Waals surface area contributed by atoms with Gasteiger partial charge >= 0.3 is 0 Å². The Bertz CT molecular complexity index is 616. The van der Waals surface area contributed by atoms with Crippen LogP contribution in [0.25, 0.3) is 0 Å². The van der Waals surface area contributed by atoms with E-state index in [4.69, 9.17) is 5.11 Å². The summed E-state index contributed by atoms with van der Waals surface area (Å²) in [5, 5.41) is 19.0. The normalized spacial score (nSPS) is 10.4. The summed E-state index contributed by atoms with van der Waals surface area (Å²) in [5.41, 5.74) is 1.18. The van der Waals surface area contributed by atoms with E-state index in [2.05, 4.69) is 15.9 Å².